The minimum Gasteiger partial charge on any atom is -0.394 e. The summed E-state index contributed by atoms with van der Waals surface area (Å²) in [6.07, 6.45) is 2.80. The van der Waals surface area contributed by atoms with E-state index in [1.54, 1.807) is 4.90 Å². The summed E-state index contributed by atoms with van der Waals surface area (Å²) in [4.78, 5) is 13.8. The summed E-state index contributed by atoms with van der Waals surface area (Å²) in [7, 11) is 0. The largest absolute Gasteiger partial charge is 0.394 e. The van der Waals surface area contributed by atoms with Gasteiger partial charge in [0.15, 0.2) is 0 Å². The number of likely N-dealkylation sites (tertiary alicyclic amines) is 1. The second-order valence-corrected chi connectivity index (χ2v) is 4.66. The quantitative estimate of drug-likeness (QED) is 0.862. The molecule has 1 aromatic carbocycles. The molecule has 1 aliphatic heterocycles. The van der Waals surface area contributed by atoms with Crippen LogP contribution in [0.2, 0.25) is 0 Å². The van der Waals surface area contributed by atoms with Gasteiger partial charge in [-0.05, 0) is 37.0 Å². The molecule has 0 bridgehead atoms. The molecule has 2 N–H and O–H groups in total. The van der Waals surface area contributed by atoms with Crippen LogP contribution < -0.4 is 5.32 Å². The van der Waals surface area contributed by atoms with E-state index in [2.05, 4.69) is 12.2 Å². The van der Waals surface area contributed by atoms with E-state index in [4.69, 9.17) is 0 Å². The lowest BCUT2D eigenvalue weighted by molar-refractivity contribution is 0.166. The molecule has 4 heteroatoms. The van der Waals surface area contributed by atoms with Gasteiger partial charge in [-0.15, -0.1) is 0 Å². The molecular weight excluding hydrogens is 228 g/mol. The summed E-state index contributed by atoms with van der Waals surface area (Å²) >= 11 is 0. The summed E-state index contributed by atoms with van der Waals surface area (Å²) < 4.78 is 0. The summed E-state index contributed by atoms with van der Waals surface area (Å²) in [5, 5.41) is 12.1. The first-order chi connectivity index (χ1) is 8.74. The Hall–Kier alpha value is -1.55. The Bertz CT molecular complexity index is 420. The van der Waals surface area contributed by atoms with Crippen LogP contribution in [0.5, 0.6) is 0 Å². The molecule has 1 aromatic rings. The standard InChI is InChI=1S/C14H20N2O2/c1-2-11-5-3-6-12(9-11)15-14(18)16-8-4-7-13(16)10-17/h3,5-6,9,13,17H,2,4,7-8,10H2,1H3,(H,15,18)/t13-/m0/s1. The van der Waals surface area contributed by atoms with Crippen LogP contribution in [0, 0.1) is 0 Å². The fourth-order valence-electron chi connectivity index (χ4n) is 2.36. The number of benzene rings is 1. The molecule has 4 nitrogen and oxygen atoms in total. The lowest BCUT2D eigenvalue weighted by atomic mass is 10.1. The maximum absolute atomic E-state index is 12.1. The van der Waals surface area contributed by atoms with E-state index >= 15 is 0 Å². The van der Waals surface area contributed by atoms with Crippen LogP contribution in [0.15, 0.2) is 24.3 Å². The topological polar surface area (TPSA) is 52.6 Å². The van der Waals surface area contributed by atoms with Crippen molar-refractivity contribution in [2.24, 2.45) is 0 Å². The van der Waals surface area contributed by atoms with Crippen molar-refractivity contribution in [2.45, 2.75) is 32.2 Å². The number of anilines is 1. The molecule has 0 aliphatic carbocycles. The average Bonchev–Trinajstić information content (AvgIpc) is 2.87. The second-order valence-electron chi connectivity index (χ2n) is 4.66. The summed E-state index contributed by atoms with van der Waals surface area (Å²) in [6.45, 7) is 2.86. The molecule has 18 heavy (non-hydrogen) atoms. The minimum absolute atomic E-state index is 0.0284. The van der Waals surface area contributed by atoms with Crippen molar-refractivity contribution in [2.75, 3.05) is 18.5 Å². The van der Waals surface area contributed by atoms with E-state index < -0.39 is 0 Å². The number of hydrogen-bond acceptors (Lipinski definition) is 2. The number of urea groups is 1. The predicted molar refractivity (Wildman–Crippen MR) is 71.7 cm³/mol. The molecule has 0 aromatic heterocycles. The van der Waals surface area contributed by atoms with Gasteiger partial charge in [0.2, 0.25) is 0 Å². The maximum atomic E-state index is 12.1. The first kappa shape index (κ1) is 12.9. The predicted octanol–water partition coefficient (Wildman–Crippen LogP) is 2.24. The molecule has 0 spiro atoms. The van der Waals surface area contributed by atoms with Crippen LogP contribution in [-0.4, -0.2) is 35.2 Å². The van der Waals surface area contributed by atoms with Crippen molar-refractivity contribution in [1.82, 2.24) is 4.90 Å². The Morgan fingerprint density at radius 2 is 2.39 bits per heavy atom. The number of carbonyl (C=O) groups excluding carboxylic acids is 1. The average molecular weight is 248 g/mol. The van der Waals surface area contributed by atoms with Crippen LogP contribution in [0.4, 0.5) is 10.5 Å². The highest BCUT2D eigenvalue weighted by Gasteiger charge is 2.27. The molecule has 0 radical (unpaired) electrons. The molecule has 1 aliphatic rings. The van der Waals surface area contributed by atoms with E-state index in [-0.39, 0.29) is 18.7 Å². The van der Waals surface area contributed by atoms with Crippen LogP contribution in [-0.2, 0) is 6.42 Å². The Kier molecular flexibility index (Phi) is 4.20. The molecule has 0 saturated carbocycles. The van der Waals surface area contributed by atoms with Crippen molar-refractivity contribution in [3.63, 3.8) is 0 Å². The van der Waals surface area contributed by atoms with Crippen molar-refractivity contribution in [1.29, 1.82) is 0 Å². The van der Waals surface area contributed by atoms with E-state index in [1.807, 2.05) is 24.3 Å². The third-order valence-electron chi connectivity index (χ3n) is 3.44. The zero-order valence-corrected chi connectivity index (χ0v) is 10.7. The van der Waals surface area contributed by atoms with Gasteiger partial charge >= 0.3 is 6.03 Å². The number of amides is 2. The molecule has 0 unspecified atom stereocenters. The van der Waals surface area contributed by atoms with Gasteiger partial charge in [-0.2, -0.15) is 0 Å². The van der Waals surface area contributed by atoms with Crippen LogP contribution >= 0.6 is 0 Å². The van der Waals surface area contributed by atoms with Gasteiger partial charge in [-0.1, -0.05) is 19.1 Å². The number of aryl methyl sites for hydroxylation is 1. The van der Waals surface area contributed by atoms with Crippen LogP contribution in [0.3, 0.4) is 0 Å². The van der Waals surface area contributed by atoms with Gasteiger partial charge in [-0.25, -0.2) is 4.79 Å². The summed E-state index contributed by atoms with van der Waals surface area (Å²) in [6, 6.07) is 7.73. The van der Waals surface area contributed by atoms with Gasteiger partial charge < -0.3 is 15.3 Å². The monoisotopic (exact) mass is 248 g/mol. The Morgan fingerprint density at radius 3 is 3.11 bits per heavy atom. The number of rotatable bonds is 3. The van der Waals surface area contributed by atoms with E-state index in [0.29, 0.717) is 0 Å². The lowest BCUT2D eigenvalue weighted by Crippen LogP contribution is -2.40. The molecule has 1 fully saturated rings. The van der Waals surface area contributed by atoms with Crippen molar-refractivity contribution >= 4 is 11.7 Å². The van der Waals surface area contributed by atoms with E-state index in [0.717, 1.165) is 31.5 Å². The third kappa shape index (κ3) is 2.82. The Morgan fingerprint density at radius 1 is 1.56 bits per heavy atom. The van der Waals surface area contributed by atoms with Crippen LogP contribution in [0.25, 0.3) is 0 Å². The molecule has 2 amide bonds. The molecule has 98 valence electrons. The summed E-state index contributed by atoms with van der Waals surface area (Å²) in [5.41, 5.74) is 2.02. The SMILES string of the molecule is CCc1cccc(NC(=O)N2CCC[C@H]2CO)c1. The van der Waals surface area contributed by atoms with Gasteiger partial charge in [0.05, 0.1) is 12.6 Å². The van der Waals surface area contributed by atoms with Crippen molar-refractivity contribution < 1.29 is 9.90 Å². The second kappa shape index (κ2) is 5.87. The van der Waals surface area contributed by atoms with Crippen molar-refractivity contribution in [3.05, 3.63) is 29.8 Å². The van der Waals surface area contributed by atoms with Gasteiger partial charge in [0.25, 0.3) is 0 Å². The number of nitrogens with one attached hydrogen (secondary N) is 1. The fourth-order valence-corrected chi connectivity index (χ4v) is 2.36. The number of hydrogen-bond donors (Lipinski definition) is 2. The minimum atomic E-state index is -0.111. The van der Waals surface area contributed by atoms with Crippen molar-refractivity contribution in [3.8, 4) is 0 Å². The smallest absolute Gasteiger partial charge is 0.322 e. The zero-order chi connectivity index (χ0) is 13.0. The highest BCUT2D eigenvalue weighted by atomic mass is 16.3. The fraction of sp³-hybridized carbons (Fsp3) is 0.500. The first-order valence-electron chi connectivity index (χ1n) is 6.52. The van der Waals surface area contributed by atoms with Gasteiger partial charge in [0.1, 0.15) is 0 Å². The number of carbonyl (C=O) groups is 1. The molecule has 1 heterocycles. The molecule has 1 atom stereocenters. The Labute approximate surface area is 108 Å². The highest BCUT2D eigenvalue weighted by Crippen LogP contribution is 2.19. The van der Waals surface area contributed by atoms with Crippen LogP contribution in [0.1, 0.15) is 25.3 Å². The van der Waals surface area contributed by atoms with E-state index in [9.17, 15) is 9.90 Å². The molecule has 2 rings (SSSR count). The summed E-state index contributed by atoms with van der Waals surface area (Å²) in [5.74, 6) is 0. The Balaban J connectivity index is 2.02. The number of nitrogens with zero attached hydrogens (tertiary/aromatic N) is 1. The normalized spacial score (nSPS) is 19.0. The maximum Gasteiger partial charge on any atom is 0.322 e. The molecular formula is C14H20N2O2. The van der Waals surface area contributed by atoms with Gasteiger partial charge in [0, 0.05) is 12.2 Å². The highest BCUT2D eigenvalue weighted by molar-refractivity contribution is 5.89. The zero-order valence-electron chi connectivity index (χ0n) is 10.7. The van der Waals surface area contributed by atoms with E-state index in [1.165, 1.54) is 5.56 Å². The first-order valence-corrected chi connectivity index (χ1v) is 6.52. The number of aliphatic hydroxyl groups is 1. The third-order valence-corrected chi connectivity index (χ3v) is 3.44. The van der Waals surface area contributed by atoms with Gasteiger partial charge in [-0.3, -0.25) is 0 Å². The molecule has 1 saturated heterocycles. The lowest BCUT2D eigenvalue weighted by Gasteiger charge is -2.23. The number of aliphatic hydroxyl groups excluding tert-OH is 1.